The normalized spacial score (nSPS) is 24.8. The van der Waals surface area contributed by atoms with E-state index in [0.29, 0.717) is 16.4 Å². The van der Waals surface area contributed by atoms with Gasteiger partial charge in [0.25, 0.3) is 5.56 Å². The third-order valence-electron chi connectivity index (χ3n) is 3.20. The van der Waals surface area contributed by atoms with Crippen LogP contribution in [0.15, 0.2) is 20.8 Å². The number of rotatable bonds is 4. The number of hydrogen-bond acceptors (Lipinski definition) is 5. The maximum Gasteiger partial charge on any atom is 0.330 e. The van der Waals surface area contributed by atoms with Gasteiger partial charge >= 0.3 is 11.7 Å². The highest BCUT2D eigenvalue weighted by molar-refractivity contribution is 14.1. The van der Waals surface area contributed by atoms with Gasteiger partial charge in [-0.15, -0.1) is 0 Å². The molecule has 0 spiro atoms. The number of ether oxygens (including phenoxy) is 2. The van der Waals surface area contributed by atoms with Crippen molar-refractivity contribution in [3.8, 4) is 0 Å². The van der Waals surface area contributed by atoms with Crippen LogP contribution < -0.4 is 11.2 Å². The van der Waals surface area contributed by atoms with Crippen LogP contribution in [0.3, 0.4) is 0 Å². The van der Waals surface area contributed by atoms with Crippen molar-refractivity contribution in [2.45, 2.75) is 31.8 Å². The van der Waals surface area contributed by atoms with E-state index < -0.39 is 23.6 Å². The molecule has 0 amide bonds. The Balaban J connectivity index is 2.32. The molecule has 0 bridgehead atoms. The molecule has 22 heavy (non-hydrogen) atoms. The number of aromatic nitrogens is 2. The molecule has 1 fully saturated rings. The predicted molar refractivity (Wildman–Crippen MR) is 92.3 cm³/mol. The van der Waals surface area contributed by atoms with Crippen LogP contribution in [0.4, 0.5) is 0 Å². The molecule has 7 nitrogen and oxygen atoms in total. The average Bonchev–Trinajstić information content (AvgIpc) is 2.83. The molecule has 0 aliphatic carbocycles. The van der Waals surface area contributed by atoms with Gasteiger partial charge in [-0.3, -0.25) is 19.1 Å². The van der Waals surface area contributed by atoms with E-state index in [0.717, 1.165) is 0 Å². The van der Waals surface area contributed by atoms with Crippen LogP contribution in [0.1, 0.15) is 25.1 Å². The molecule has 3 atom stereocenters. The molecule has 2 heterocycles. The number of hydrogen-bond donors (Lipinski definition) is 1. The highest BCUT2D eigenvalue weighted by Gasteiger charge is 2.38. The first-order chi connectivity index (χ1) is 10.5. The van der Waals surface area contributed by atoms with Crippen molar-refractivity contribution in [1.29, 1.82) is 0 Å². The van der Waals surface area contributed by atoms with Gasteiger partial charge in [-0.2, -0.15) is 0 Å². The second-order valence-electron chi connectivity index (χ2n) is 4.71. The van der Waals surface area contributed by atoms with E-state index >= 15 is 0 Å². The van der Waals surface area contributed by atoms with Gasteiger partial charge in [0.2, 0.25) is 0 Å². The molecule has 0 unspecified atom stereocenters. The Hall–Kier alpha value is -0.940. The number of nitrogens with zero attached hydrogens (tertiary/aromatic N) is 1. The Labute approximate surface area is 148 Å². The molecule has 1 aliphatic heterocycles. The summed E-state index contributed by atoms with van der Waals surface area (Å²) in [7, 11) is 0. The highest BCUT2D eigenvalue weighted by atomic mass is 127. The van der Waals surface area contributed by atoms with Gasteiger partial charge < -0.3 is 9.47 Å². The van der Waals surface area contributed by atoms with E-state index in [1.807, 2.05) is 0 Å². The Bertz CT molecular complexity index is 698. The predicted octanol–water partition coefficient (Wildman–Crippen LogP) is 1.56. The van der Waals surface area contributed by atoms with Crippen molar-refractivity contribution in [2.75, 3.05) is 4.43 Å². The molecule has 1 aromatic rings. The van der Waals surface area contributed by atoms with Crippen LogP contribution in [-0.2, 0) is 14.3 Å². The molecule has 2 rings (SSSR count). The van der Waals surface area contributed by atoms with E-state index in [2.05, 4.69) is 43.5 Å². The molecule has 9 heteroatoms. The number of nitrogens with one attached hydrogen (secondary N) is 1. The van der Waals surface area contributed by atoms with Crippen molar-refractivity contribution in [1.82, 2.24) is 9.55 Å². The second kappa shape index (κ2) is 7.55. The maximum absolute atomic E-state index is 12.0. The number of halogens is 2. The van der Waals surface area contributed by atoms with E-state index in [4.69, 9.17) is 9.47 Å². The van der Waals surface area contributed by atoms with Crippen molar-refractivity contribution < 1.29 is 14.3 Å². The van der Waals surface area contributed by atoms with Gasteiger partial charge in [-0.25, -0.2) is 4.79 Å². The largest absolute Gasteiger partial charge is 0.460 e. The van der Waals surface area contributed by atoms with Gasteiger partial charge in [-0.1, -0.05) is 38.5 Å². The zero-order chi connectivity index (χ0) is 16.3. The lowest BCUT2D eigenvalue weighted by Gasteiger charge is -2.15. The standard InChI is InChI=1S/C13H14BrIN2O5/c1-7(18)21-9-4-11(22-10(9)5-15)17-6-8(2-3-14)12(19)16-13(17)20/h2-3,6,9-11H,4-5H2,1H3,(H,16,19,20)/t9-,10+,11+/m0/s1. The Kier molecular flexibility index (Phi) is 5.98. The van der Waals surface area contributed by atoms with Crippen LogP contribution in [0.5, 0.6) is 0 Å². The summed E-state index contributed by atoms with van der Waals surface area (Å²) in [4.78, 5) is 38.6. The average molecular weight is 485 g/mol. The molecule has 0 aromatic carbocycles. The minimum absolute atomic E-state index is 0.288. The summed E-state index contributed by atoms with van der Waals surface area (Å²) in [5.41, 5.74) is -0.712. The highest BCUT2D eigenvalue weighted by Crippen LogP contribution is 2.31. The lowest BCUT2D eigenvalue weighted by molar-refractivity contribution is -0.148. The zero-order valence-electron chi connectivity index (χ0n) is 11.6. The van der Waals surface area contributed by atoms with Crippen molar-refractivity contribution >= 4 is 50.6 Å². The molecule has 1 aromatic heterocycles. The molecular formula is C13H14BrIN2O5. The van der Waals surface area contributed by atoms with Crippen LogP contribution in [-0.4, -0.2) is 32.2 Å². The number of alkyl halides is 1. The lowest BCUT2D eigenvalue weighted by Crippen LogP contribution is -2.33. The summed E-state index contributed by atoms with van der Waals surface area (Å²) in [6.07, 6.45) is 2.04. The summed E-state index contributed by atoms with van der Waals surface area (Å²) in [5, 5.41) is 0. The minimum Gasteiger partial charge on any atom is -0.460 e. The quantitative estimate of drug-likeness (QED) is 0.398. The fourth-order valence-corrected chi connectivity index (χ4v) is 3.31. The Morgan fingerprint density at radius 3 is 2.95 bits per heavy atom. The molecule has 0 saturated carbocycles. The Morgan fingerprint density at radius 1 is 1.64 bits per heavy atom. The van der Waals surface area contributed by atoms with Crippen molar-refractivity contribution in [3.63, 3.8) is 0 Å². The first-order valence-corrected chi connectivity index (χ1v) is 8.91. The minimum atomic E-state index is -0.587. The fraction of sp³-hybridized carbons (Fsp3) is 0.462. The number of carbonyl (C=O) groups is 1. The van der Waals surface area contributed by atoms with Gasteiger partial charge in [0.05, 0.1) is 5.56 Å². The first-order valence-electron chi connectivity index (χ1n) is 6.47. The van der Waals surface area contributed by atoms with Crippen LogP contribution in [0, 0.1) is 0 Å². The zero-order valence-corrected chi connectivity index (χ0v) is 15.4. The van der Waals surface area contributed by atoms with Gasteiger partial charge in [-0.05, 0) is 11.1 Å². The third kappa shape index (κ3) is 3.87. The summed E-state index contributed by atoms with van der Waals surface area (Å²) in [5.74, 6) is -0.388. The van der Waals surface area contributed by atoms with Crippen LogP contribution >= 0.6 is 38.5 Å². The summed E-state index contributed by atoms with van der Waals surface area (Å²) in [6.45, 7) is 1.34. The molecule has 120 valence electrons. The van der Waals surface area contributed by atoms with Crippen molar-refractivity contribution in [2.24, 2.45) is 0 Å². The van der Waals surface area contributed by atoms with Crippen molar-refractivity contribution in [3.05, 3.63) is 37.6 Å². The van der Waals surface area contributed by atoms with E-state index in [9.17, 15) is 14.4 Å². The monoisotopic (exact) mass is 484 g/mol. The number of H-pyrrole nitrogens is 1. The fourth-order valence-electron chi connectivity index (χ4n) is 2.25. The SMILES string of the molecule is CC(=O)O[C@H]1C[C@H](n2cc(C=CBr)c(=O)[nH]c2=O)O[C@@H]1CI. The third-order valence-corrected chi connectivity index (χ3v) is 4.33. The number of aromatic amines is 1. The van der Waals surface area contributed by atoms with E-state index in [-0.39, 0.29) is 12.1 Å². The molecule has 1 N–H and O–H groups in total. The molecule has 1 aliphatic rings. The summed E-state index contributed by atoms with van der Waals surface area (Å²) < 4.78 is 13.0. The van der Waals surface area contributed by atoms with Gasteiger partial charge in [0.15, 0.2) is 0 Å². The molecule has 0 radical (unpaired) electrons. The summed E-state index contributed by atoms with van der Waals surface area (Å²) >= 11 is 5.23. The van der Waals surface area contributed by atoms with Crippen LogP contribution in [0.2, 0.25) is 0 Å². The van der Waals surface area contributed by atoms with Gasteiger partial charge in [0, 0.05) is 24.0 Å². The second-order valence-corrected chi connectivity index (χ2v) is 6.12. The smallest absolute Gasteiger partial charge is 0.330 e. The van der Waals surface area contributed by atoms with E-state index in [1.165, 1.54) is 28.7 Å². The lowest BCUT2D eigenvalue weighted by atomic mass is 10.2. The topological polar surface area (TPSA) is 90.4 Å². The van der Waals surface area contributed by atoms with Crippen LogP contribution in [0.25, 0.3) is 6.08 Å². The van der Waals surface area contributed by atoms with Gasteiger partial charge in [0.1, 0.15) is 18.4 Å². The first kappa shape index (κ1) is 17.4. The maximum atomic E-state index is 12.0. The Morgan fingerprint density at radius 2 is 2.36 bits per heavy atom. The summed E-state index contributed by atoms with van der Waals surface area (Å²) in [6, 6.07) is 0. The number of esters is 1. The molecular weight excluding hydrogens is 471 g/mol. The number of carbonyl (C=O) groups excluding carboxylic acids is 1. The van der Waals surface area contributed by atoms with E-state index in [1.54, 1.807) is 0 Å². The molecule has 1 saturated heterocycles.